The van der Waals surface area contributed by atoms with Gasteiger partial charge in [-0.2, -0.15) is 0 Å². The van der Waals surface area contributed by atoms with Gasteiger partial charge in [-0.05, 0) is 53.6 Å². The van der Waals surface area contributed by atoms with Crippen LogP contribution < -0.4 is 25.8 Å². The van der Waals surface area contributed by atoms with Crippen LogP contribution >= 0.6 is 0 Å². The average molecular weight is 508 g/mol. The van der Waals surface area contributed by atoms with E-state index in [9.17, 15) is 9.59 Å². The van der Waals surface area contributed by atoms with Gasteiger partial charge in [-0.3, -0.25) is 9.59 Å². The summed E-state index contributed by atoms with van der Waals surface area (Å²) in [4.78, 5) is 25.9. The summed E-state index contributed by atoms with van der Waals surface area (Å²) in [6.07, 6.45) is 1.80. The van der Waals surface area contributed by atoms with Crippen molar-refractivity contribution in [3.63, 3.8) is 0 Å². The van der Waals surface area contributed by atoms with Crippen molar-refractivity contribution in [2.45, 2.75) is 6.54 Å². The van der Waals surface area contributed by atoms with Crippen molar-refractivity contribution in [1.82, 2.24) is 5.32 Å². The molecule has 4 N–H and O–H groups in total. The number of hydrogen-bond donors (Lipinski definition) is 3. The number of amides is 2. The summed E-state index contributed by atoms with van der Waals surface area (Å²) in [5.41, 5.74) is 10.3. The van der Waals surface area contributed by atoms with Crippen molar-refractivity contribution >= 4 is 34.8 Å². The van der Waals surface area contributed by atoms with Gasteiger partial charge in [-0.25, -0.2) is 0 Å². The number of nitrogens with two attached hydrogens (primary N) is 1. The molecule has 4 aromatic carbocycles. The molecule has 2 amide bonds. The van der Waals surface area contributed by atoms with E-state index < -0.39 is 0 Å². The molecule has 0 radical (unpaired) electrons. The van der Waals surface area contributed by atoms with Gasteiger partial charge >= 0.3 is 0 Å². The lowest BCUT2D eigenvalue weighted by Gasteiger charge is -2.12. The van der Waals surface area contributed by atoms with E-state index in [4.69, 9.17) is 15.2 Å². The Bertz CT molecular complexity index is 1450. The second kappa shape index (κ2) is 12.3. The number of rotatable bonds is 9. The third kappa shape index (κ3) is 6.39. The molecule has 192 valence electrons. The highest BCUT2D eigenvalue weighted by Gasteiger charge is 2.14. The highest BCUT2D eigenvalue weighted by molar-refractivity contribution is 6.24. The summed E-state index contributed by atoms with van der Waals surface area (Å²) in [6, 6.07) is 29.0. The second-order valence-corrected chi connectivity index (χ2v) is 8.45. The standard InChI is InChI=1S/C31H29N3O4/c1-37-25-17-16-24(29(19-25)38-2)18-26(22-8-4-3-5-9-22)31(36)33-20-21-12-14-23(15-13-21)30(35)34-28-11-7-6-10-27(28)32/h3-19H,20,32H2,1-2H3,(H,33,36)(H,34,35). The molecule has 0 aromatic heterocycles. The van der Waals surface area contributed by atoms with Crippen LogP contribution in [0.5, 0.6) is 11.5 Å². The minimum Gasteiger partial charge on any atom is -0.497 e. The van der Waals surface area contributed by atoms with Crippen LogP contribution in [0.1, 0.15) is 27.0 Å². The quantitative estimate of drug-likeness (QED) is 0.160. The zero-order valence-electron chi connectivity index (χ0n) is 21.2. The van der Waals surface area contributed by atoms with E-state index in [1.807, 2.05) is 54.6 Å². The molecule has 0 aliphatic rings. The first-order valence-electron chi connectivity index (χ1n) is 12.0. The molecule has 0 bridgehead atoms. The molecule has 7 nitrogen and oxygen atoms in total. The molecule has 0 fully saturated rings. The number of carbonyl (C=O) groups excluding carboxylic acids is 2. The molecule has 0 aliphatic heterocycles. The maximum absolute atomic E-state index is 13.3. The van der Waals surface area contributed by atoms with Crippen LogP contribution in [0.3, 0.4) is 0 Å². The predicted molar refractivity (Wildman–Crippen MR) is 151 cm³/mol. The van der Waals surface area contributed by atoms with Crippen molar-refractivity contribution in [1.29, 1.82) is 0 Å². The van der Waals surface area contributed by atoms with Gasteiger partial charge in [0.2, 0.25) is 0 Å². The summed E-state index contributed by atoms with van der Waals surface area (Å²) >= 11 is 0. The van der Waals surface area contributed by atoms with Gasteiger partial charge in [-0.1, -0.05) is 54.6 Å². The molecule has 7 heteroatoms. The van der Waals surface area contributed by atoms with Crippen LogP contribution in [0.15, 0.2) is 97.1 Å². The molecule has 0 unspecified atom stereocenters. The number of anilines is 2. The largest absolute Gasteiger partial charge is 0.497 e. The van der Waals surface area contributed by atoms with Gasteiger partial charge in [0.05, 0.1) is 25.6 Å². The Kier molecular flexibility index (Phi) is 8.41. The zero-order valence-corrected chi connectivity index (χ0v) is 21.2. The Labute approximate surface area is 221 Å². The van der Waals surface area contributed by atoms with Gasteiger partial charge in [0.1, 0.15) is 11.5 Å². The molecular formula is C31H29N3O4. The summed E-state index contributed by atoms with van der Waals surface area (Å²) < 4.78 is 10.8. The highest BCUT2D eigenvalue weighted by atomic mass is 16.5. The minimum atomic E-state index is -0.263. The highest BCUT2D eigenvalue weighted by Crippen LogP contribution is 2.29. The maximum atomic E-state index is 13.3. The Balaban J connectivity index is 1.49. The molecule has 0 spiro atoms. The molecule has 4 aromatic rings. The fourth-order valence-corrected chi connectivity index (χ4v) is 3.85. The van der Waals surface area contributed by atoms with Crippen LogP contribution in [0, 0.1) is 0 Å². The van der Waals surface area contributed by atoms with E-state index in [1.165, 1.54) is 0 Å². The zero-order chi connectivity index (χ0) is 26.9. The van der Waals surface area contributed by atoms with Crippen LogP contribution in [0.2, 0.25) is 0 Å². The van der Waals surface area contributed by atoms with Gasteiger partial charge in [0, 0.05) is 29.3 Å². The third-order valence-corrected chi connectivity index (χ3v) is 5.95. The number of para-hydroxylation sites is 2. The summed E-state index contributed by atoms with van der Waals surface area (Å²) in [5, 5.41) is 5.79. The third-order valence-electron chi connectivity index (χ3n) is 5.95. The number of nitrogens with one attached hydrogen (secondary N) is 2. The number of benzene rings is 4. The first kappa shape index (κ1) is 26.0. The van der Waals surface area contributed by atoms with E-state index in [0.717, 1.165) is 16.7 Å². The van der Waals surface area contributed by atoms with E-state index >= 15 is 0 Å². The molecule has 0 heterocycles. The Morgan fingerprint density at radius 1 is 0.816 bits per heavy atom. The molecule has 0 atom stereocenters. The number of methoxy groups -OCH3 is 2. The Hall–Kier alpha value is -5.04. The van der Waals surface area contributed by atoms with E-state index in [1.54, 1.807) is 62.8 Å². The lowest BCUT2D eigenvalue weighted by atomic mass is 10.0. The van der Waals surface area contributed by atoms with Crippen LogP contribution in [-0.2, 0) is 11.3 Å². The molecule has 38 heavy (non-hydrogen) atoms. The van der Waals surface area contributed by atoms with E-state index in [-0.39, 0.29) is 18.4 Å². The molecule has 0 saturated heterocycles. The average Bonchev–Trinajstić information content (AvgIpc) is 2.96. The maximum Gasteiger partial charge on any atom is 0.255 e. The number of hydrogen-bond acceptors (Lipinski definition) is 5. The van der Waals surface area contributed by atoms with Crippen LogP contribution in [0.4, 0.5) is 11.4 Å². The van der Waals surface area contributed by atoms with Gasteiger partial charge in [0.25, 0.3) is 11.8 Å². The van der Waals surface area contributed by atoms with Crippen molar-refractivity contribution in [3.05, 3.63) is 119 Å². The van der Waals surface area contributed by atoms with E-state index in [0.29, 0.717) is 34.0 Å². The fraction of sp³-hybridized carbons (Fsp3) is 0.0968. The minimum absolute atomic E-state index is 0.240. The molecule has 0 saturated carbocycles. The SMILES string of the molecule is COc1ccc(C=C(C(=O)NCc2ccc(C(=O)Nc3ccccc3N)cc2)c2ccccc2)c(OC)c1. The fourth-order valence-electron chi connectivity index (χ4n) is 3.85. The van der Waals surface area contributed by atoms with Crippen molar-refractivity contribution in [2.24, 2.45) is 0 Å². The Morgan fingerprint density at radius 3 is 2.21 bits per heavy atom. The summed E-state index contributed by atoms with van der Waals surface area (Å²) in [6.45, 7) is 0.288. The molecular weight excluding hydrogens is 478 g/mol. The van der Waals surface area contributed by atoms with Crippen molar-refractivity contribution in [3.8, 4) is 11.5 Å². The van der Waals surface area contributed by atoms with Gasteiger partial charge in [0.15, 0.2) is 0 Å². The second-order valence-electron chi connectivity index (χ2n) is 8.45. The van der Waals surface area contributed by atoms with Gasteiger partial charge < -0.3 is 25.8 Å². The predicted octanol–water partition coefficient (Wildman–Crippen LogP) is 5.40. The van der Waals surface area contributed by atoms with Crippen LogP contribution in [0.25, 0.3) is 11.6 Å². The van der Waals surface area contributed by atoms with Gasteiger partial charge in [-0.15, -0.1) is 0 Å². The number of carbonyl (C=O) groups is 2. The first-order chi connectivity index (χ1) is 18.5. The topological polar surface area (TPSA) is 103 Å². The number of ether oxygens (including phenoxy) is 2. The van der Waals surface area contributed by atoms with Crippen molar-refractivity contribution < 1.29 is 19.1 Å². The van der Waals surface area contributed by atoms with E-state index in [2.05, 4.69) is 10.6 Å². The lowest BCUT2D eigenvalue weighted by molar-refractivity contribution is -0.115. The molecule has 0 aliphatic carbocycles. The number of nitrogen functional groups attached to an aromatic ring is 1. The van der Waals surface area contributed by atoms with Crippen molar-refractivity contribution in [2.75, 3.05) is 25.3 Å². The lowest BCUT2D eigenvalue weighted by Crippen LogP contribution is -2.24. The Morgan fingerprint density at radius 2 is 1.53 bits per heavy atom. The normalized spacial score (nSPS) is 10.9. The smallest absolute Gasteiger partial charge is 0.255 e. The summed E-state index contributed by atoms with van der Waals surface area (Å²) in [7, 11) is 3.17. The first-order valence-corrected chi connectivity index (χ1v) is 12.0. The molecule has 4 rings (SSSR count). The summed E-state index contributed by atoms with van der Waals surface area (Å²) in [5.74, 6) is 0.752. The monoisotopic (exact) mass is 507 g/mol. The van der Waals surface area contributed by atoms with Crippen LogP contribution in [-0.4, -0.2) is 26.0 Å².